The van der Waals surface area contributed by atoms with E-state index in [-0.39, 0.29) is 1.43 Å². The van der Waals surface area contributed by atoms with Gasteiger partial charge in [-0.2, -0.15) is 0 Å². The van der Waals surface area contributed by atoms with E-state index in [9.17, 15) is 0 Å². The highest BCUT2D eigenvalue weighted by Gasteiger charge is 2.09. The van der Waals surface area contributed by atoms with Crippen LogP contribution in [0.3, 0.4) is 0 Å². The Morgan fingerprint density at radius 3 is 2.00 bits per heavy atom. The predicted molar refractivity (Wildman–Crippen MR) is 23.9 cm³/mol. The molecule has 1 nitrogen and oxygen atoms in total. The van der Waals surface area contributed by atoms with Crippen molar-refractivity contribution in [1.82, 2.24) is 0 Å². The van der Waals surface area contributed by atoms with E-state index in [4.69, 9.17) is 5.73 Å². The van der Waals surface area contributed by atoms with Gasteiger partial charge in [0.15, 0.2) is 0 Å². The molecular formula is C4H11N. The molecule has 1 saturated carbocycles. The highest BCUT2D eigenvalue weighted by molar-refractivity contribution is 4.70. The van der Waals surface area contributed by atoms with Crippen LogP contribution >= 0.6 is 0 Å². The Hall–Kier alpha value is -0.0400. The minimum absolute atomic E-state index is 0. The number of hydrogen-bond acceptors (Lipinski definition) is 1. The summed E-state index contributed by atoms with van der Waals surface area (Å²) < 4.78 is 0. The summed E-state index contributed by atoms with van der Waals surface area (Å²) >= 11 is 0. The SMILES string of the molecule is NC1CCC1.[HH]. The molecule has 0 atom stereocenters. The minimum Gasteiger partial charge on any atom is -0.328 e. The lowest BCUT2D eigenvalue weighted by Crippen LogP contribution is -2.27. The topological polar surface area (TPSA) is 26.0 Å². The molecule has 1 aliphatic carbocycles. The average Bonchev–Trinajstić information content (AvgIpc) is 1.30. The largest absolute Gasteiger partial charge is 0.328 e. The molecule has 0 spiro atoms. The summed E-state index contributed by atoms with van der Waals surface area (Å²) in [6, 6.07) is 0.565. The first-order valence-electron chi connectivity index (χ1n) is 2.15. The summed E-state index contributed by atoms with van der Waals surface area (Å²) in [6.45, 7) is 0. The minimum atomic E-state index is 0. The van der Waals surface area contributed by atoms with Crippen molar-refractivity contribution in [3.05, 3.63) is 0 Å². The first kappa shape index (κ1) is 3.16. The van der Waals surface area contributed by atoms with Gasteiger partial charge in [-0.15, -0.1) is 0 Å². The summed E-state index contributed by atoms with van der Waals surface area (Å²) in [4.78, 5) is 0. The van der Waals surface area contributed by atoms with E-state index in [2.05, 4.69) is 0 Å². The fourth-order valence-electron chi connectivity index (χ4n) is 0.440. The molecule has 0 unspecified atom stereocenters. The van der Waals surface area contributed by atoms with Crippen LogP contribution in [0.25, 0.3) is 0 Å². The molecule has 0 aromatic carbocycles. The van der Waals surface area contributed by atoms with Gasteiger partial charge in [-0.05, 0) is 12.8 Å². The van der Waals surface area contributed by atoms with E-state index in [1.165, 1.54) is 19.3 Å². The summed E-state index contributed by atoms with van der Waals surface area (Å²) in [5.41, 5.74) is 5.38. The maximum atomic E-state index is 5.38. The van der Waals surface area contributed by atoms with Crippen LogP contribution in [0, 0.1) is 0 Å². The third-order valence-corrected chi connectivity index (χ3v) is 1.15. The molecule has 0 aromatic heterocycles. The van der Waals surface area contributed by atoms with Crippen molar-refractivity contribution < 1.29 is 1.43 Å². The predicted octanol–water partition coefficient (Wildman–Crippen LogP) is 0.744. The van der Waals surface area contributed by atoms with Crippen LogP contribution in [0.1, 0.15) is 20.7 Å². The van der Waals surface area contributed by atoms with Crippen molar-refractivity contribution in [2.45, 2.75) is 25.3 Å². The quantitative estimate of drug-likeness (QED) is 0.449. The summed E-state index contributed by atoms with van der Waals surface area (Å²) in [5.74, 6) is 0. The van der Waals surface area contributed by atoms with E-state index >= 15 is 0 Å². The Balaban J connectivity index is 0.000000250. The maximum Gasteiger partial charge on any atom is 0.00388 e. The Bertz CT molecular complexity index is 34.5. The lowest BCUT2D eigenvalue weighted by atomic mass is 9.95. The molecule has 2 N–H and O–H groups in total. The standard InChI is InChI=1S/C4H9N.H2/c5-4-2-1-3-4;/h4H,1-3,5H2;1H. The molecule has 0 amide bonds. The molecule has 1 fully saturated rings. The van der Waals surface area contributed by atoms with Gasteiger partial charge < -0.3 is 5.73 Å². The van der Waals surface area contributed by atoms with Crippen molar-refractivity contribution in [1.29, 1.82) is 0 Å². The first-order chi connectivity index (χ1) is 2.39. The van der Waals surface area contributed by atoms with Crippen LogP contribution in [0.5, 0.6) is 0 Å². The smallest absolute Gasteiger partial charge is 0.00388 e. The normalized spacial score (nSPS) is 25.8. The van der Waals surface area contributed by atoms with E-state index in [0.717, 1.165) is 0 Å². The molecule has 1 rings (SSSR count). The zero-order chi connectivity index (χ0) is 3.70. The Morgan fingerprint density at radius 1 is 1.60 bits per heavy atom. The molecular weight excluding hydrogens is 62.1 g/mol. The zero-order valence-electron chi connectivity index (χ0n) is 3.28. The lowest BCUT2D eigenvalue weighted by molar-refractivity contribution is 0.418. The maximum absolute atomic E-state index is 5.38. The third-order valence-electron chi connectivity index (χ3n) is 1.15. The van der Waals surface area contributed by atoms with Crippen LogP contribution in [0.2, 0.25) is 0 Å². The van der Waals surface area contributed by atoms with Crippen molar-refractivity contribution in [3.8, 4) is 0 Å². The zero-order valence-corrected chi connectivity index (χ0v) is 3.28. The molecule has 0 aliphatic heterocycles. The van der Waals surface area contributed by atoms with Gasteiger partial charge in [-0.3, -0.25) is 0 Å². The van der Waals surface area contributed by atoms with Gasteiger partial charge in [-0.1, -0.05) is 6.42 Å². The van der Waals surface area contributed by atoms with Crippen LogP contribution in [0.15, 0.2) is 0 Å². The Labute approximate surface area is 33.7 Å². The highest BCUT2D eigenvalue weighted by Crippen LogP contribution is 2.14. The molecule has 0 bridgehead atoms. The van der Waals surface area contributed by atoms with Crippen molar-refractivity contribution >= 4 is 0 Å². The Morgan fingerprint density at radius 2 is 2.00 bits per heavy atom. The van der Waals surface area contributed by atoms with E-state index in [0.29, 0.717) is 6.04 Å². The second-order valence-corrected chi connectivity index (χ2v) is 1.69. The number of rotatable bonds is 0. The van der Waals surface area contributed by atoms with Gasteiger partial charge in [0.1, 0.15) is 0 Å². The fourth-order valence-corrected chi connectivity index (χ4v) is 0.440. The van der Waals surface area contributed by atoms with E-state index < -0.39 is 0 Å². The molecule has 5 heavy (non-hydrogen) atoms. The van der Waals surface area contributed by atoms with Crippen LogP contribution in [-0.4, -0.2) is 6.04 Å². The van der Waals surface area contributed by atoms with Crippen molar-refractivity contribution in [2.75, 3.05) is 0 Å². The summed E-state index contributed by atoms with van der Waals surface area (Å²) in [5, 5.41) is 0. The highest BCUT2D eigenvalue weighted by atomic mass is 14.6. The molecule has 0 aromatic rings. The number of nitrogens with two attached hydrogens (primary N) is 1. The number of hydrogen-bond donors (Lipinski definition) is 1. The molecule has 1 aliphatic rings. The summed E-state index contributed by atoms with van der Waals surface area (Å²) in [7, 11) is 0. The average molecular weight is 73.1 g/mol. The second-order valence-electron chi connectivity index (χ2n) is 1.69. The summed E-state index contributed by atoms with van der Waals surface area (Å²) in [6.07, 6.45) is 3.89. The van der Waals surface area contributed by atoms with Crippen LogP contribution in [-0.2, 0) is 0 Å². The lowest BCUT2D eigenvalue weighted by Gasteiger charge is -2.18. The van der Waals surface area contributed by atoms with Crippen molar-refractivity contribution in [2.24, 2.45) is 5.73 Å². The molecule has 32 valence electrons. The molecule has 0 saturated heterocycles. The van der Waals surface area contributed by atoms with Gasteiger partial charge in [0, 0.05) is 7.47 Å². The van der Waals surface area contributed by atoms with Gasteiger partial charge in [-0.25, -0.2) is 0 Å². The van der Waals surface area contributed by atoms with Gasteiger partial charge in [0.05, 0.1) is 0 Å². The van der Waals surface area contributed by atoms with Gasteiger partial charge in [0.2, 0.25) is 0 Å². The van der Waals surface area contributed by atoms with Gasteiger partial charge in [0.25, 0.3) is 0 Å². The van der Waals surface area contributed by atoms with E-state index in [1.54, 1.807) is 0 Å². The van der Waals surface area contributed by atoms with Crippen LogP contribution < -0.4 is 5.73 Å². The van der Waals surface area contributed by atoms with Crippen LogP contribution in [0.4, 0.5) is 0 Å². The van der Waals surface area contributed by atoms with Crippen molar-refractivity contribution in [3.63, 3.8) is 0 Å². The molecule has 1 heteroatoms. The molecule has 0 heterocycles. The fraction of sp³-hybridized carbons (Fsp3) is 1.00. The molecule has 0 radical (unpaired) electrons. The van der Waals surface area contributed by atoms with Gasteiger partial charge >= 0.3 is 0 Å². The van der Waals surface area contributed by atoms with E-state index in [1.807, 2.05) is 0 Å². The Kier molecular flexibility index (Phi) is 0.618. The third kappa shape index (κ3) is 0.428. The second kappa shape index (κ2) is 0.977. The first-order valence-corrected chi connectivity index (χ1v) is 2.15. The monoisotopic (exact) mass is 73.1 g/mol.